The van der Waals surface area contributed by atoms with Gasteiger partial charge in [-0.25, -0.2) is 5.01 Å². The van der Waals surface area contributed by atoms with E-state index >= 15 is 0 Å². The van der Waals surface area contributed by atoms with Crippen molar-refractivity contribution >= 4 is 28.4 Å². The molecule has 1 aliphatic rings. The molecule has 4 rings (SSSR count). The largest absolute Gasteiger partial charge is 0.426 e. The predicted octanol–water partition coefficient (Wildman–Crippen LogP) is 4.46. The van der Waals surface area contributed by atoms with Crippen LogP contribution < -0.4 is 4.74 Å². The molecule has 140 valence electrons. The molecule has 0 bridgehead atoms. The van der Waals surface area contributed by atoms with E-state index in [9.17, 15) is 9.59 Å². The van der Waals surface area contributed by atoms with Crippen LogP contribution in [0.3, 0.4) is 0 Å². The highest BCUT2D eigenvalue weighted by Gasteiger charge is 2.33. The minimum Gasteiger partial charge on any atom is -0.426 e. The summed E-state index contributed by atoms with van der Waals surface area (Å²) in [4.78, 5) is 23.9. The van der Waals surface area contributed by atoms with Crippen LogP contribution in [0.2, 0.25) is 0 Å². The lowest BCUT2D eigenvalue weighted by atomic mass is 9.94. The van der Waals surface area contributed by atoms with Gasteiger partial charge in [-0.3, -0.25) is 9.59 Å². The summed E-state index contributed by atoms with van der Waals surface area (Å²) >= 11 is 0. The Kier molecular flexibility index (Phi) is 4.65. The Labute approximate surface area is 163 Å². The van der Waals surface area contributed by atoms with Crippen LogP contribution in [0, 0.1) is 0 Å². The van der Waals surface area contributed by atoms with Gasteiger partial charge in [-0.05, 0) is 22.4 Å². The highest BCUT2D eigenvalue weighted by Crippen LogP contribution is 2.37. The highest BCUT2D eigenvalue weighted by molar-refractivity contribution is 6.14. The van der Waals surface area contributed by atoms with E-state index in [1.54, 1.807) is 6.07 Å². The second-order valence-corrected chi connectivity index (χ2v) is 6.79. The van der Waals surface area contributed by atoms with Gasteiger partial charge in [0.05, 0.1) is 11.8 Å². The molecule has 28 heavy (non-hydrogen) atoms. The molecule has 1 heterocycles. The molecule has 0 spiro atoms. The molecular formula is C23H20N2O3. The standard InChI is InChI=1S/C23H20N2O3/c1-15(26)25-21(18-9-4-3-5-10-18)14-20(24-25)23-19-11-7-6-8-17(19)12-13-22(23)28-16(2)27/h3-13,21H,14H2,1-2H3. The van der Waals surface area contributed by atoms with Crippen molar-refractivity contribution in [1.29, 1.82) is 0 Å². The zero-order valence-corrected chi connectivity index (χ0v) is 15.8. The van der Waals surface area contributed by atoms with Crippen molar-refractivity contribution in [3.63, 3.8) is 0 Å². The van der Waals surface area contributed by atoms with Gasteiger partial charge in [0.1, 0.15) is 5.75 Å². The van der Waals surface area contributed by atoms with Gasteiger partial charge in [-0.1, -0.05) is 60.7 Å². The van der Waals surface area contributed by atoms with Crippen LogP contribution in [0.5, 0.6) is 5.75 Å². The SMILES string of the molecule is CC(=O)Oc1ccc2ccccc2c1C1=NN(C(C)=O)C(c2ccccc2)C1. The van der Waals surface area contributed by atoms with Gasteiger partial charge >= 0.3 is 5.97 Å². The van der Waals surface area contributed by atoms with Crippen molar-refractivity contribution in [2.75, 3.05) is 0 Å². The highest BCUT2D eigenvalue weighted by atomic mass is 16.5. The minimum absolute atomic E-state index is 0.127. The molecule has 0 N–H and O–H groups in total. The van der Waals surface area contributed by atoms with Crippen molar-refractivity contribution in [2.24, 2.45) is 5.10 Å². The number of ether oxygens (including phenoxy) is 1. The maximum atomic E-state index is 12.3. The summed E-state index contributed by atoms with van der Waals surface area (Å²) in [5.74, 6) is -0.0570. The number of amides is 1. The summed E-state index contributed by atoms with van der Waals surface area (Å²) < 4.78 is 5.48. The van der Waals surface area contributed by atoms with Gasteiger partial charge in [0.15, 0.2) is 0 Å². The topological polar surface area (TPSA) is 59.0 Å². The minimum atomic E-state index is -0.391. The van der Waals surface area contributed by atoms with Crippen LogP contribution in [0.1, 0.15) is 37.4 Å². The van der Waals surface area contributed by atoms with Crippen molar-refractivity contribution in [3.8, 4) is 5.75 Å². The number of carbonyl (C=O) groups excluding carboxylic acids is 2. The van der Waals surface area contributed by atoms with Crippen molar-refractivity contribution < 1.29 is 14.3 Å². The fourth-order valence-electron chi connectivity index (χ4n) is 3.68. The van der Waals surface area contributed by atoms with Gasteiger partial charge in [-0.2, -0.15) is 5.10 Å². The number of carbonyl (C=O) groups is 2. The van der Waals surface area contributed by atoms with Crippen LogP contribution >= 0.6 is 0 Å². The first kappa shape index (κ1) is 17.9. The van der Waals surface area contributed by atoms with Crippen molar-refractivity contribution in [3.05, 3.63) is 77.9 Å². The average Bonchev–Trinajstić information content (AvgIpc) is 3.13. The molecule has 0 saturated carbocycles. The first-order chi connectivity index (χ1) is 13.5. The lowest BCUT2D eigenvalue weighted by molar-refractivity contribution is -0.132. The van der Waals surface area contributed by atoms with Gasteiger partial charge in [0.2, 0.25) is 5.91 Å². The van der Waals surface area contributed by atoms with E-state index in [1.807, 2.05) is 60.7 Å². The maximum absolute atomic E-state index is 12.3. The third kappa shape index (κ3) is 3.27. The Balaban J connectivity index is 1.86. The summed E-state index contributed by atoms with van der Waals surface area (Å²) in [6, 6.07) is 21.3. The smallest absolute Gasteiger partial charge is 0.308 e. The van der Waals surface area contributed by atoms with Crippen LogP contribution in [-0.2, 0) is 9.59 Å². The molecule has 0 aromatic heterocycles. The molecule has 1 unspecified atom stereocenters. The summed E-state index contributed by atoms with van der Waals surface area (Å²) in [7, 11) is 0. The van der Waals surface area contributed by atoms with E-state index in [0.29, 0.717) is 12.2 Å². The first-order valence-electron chi connectivity index (χ1n) is 9.17. The van der Waals surface area contributed by atoms with Crippen LogP contribution in [0.4, 0.5) is 0 Å². The van der Waals surface area contributed by atoms with E-state index in [4.69, 9.17) is 4.74 Å². The van der Waals surface area contributed by atoms with Crippen molar-refractivity contribution in [2.45, 2.75) is 26.3 Å². The third-order valence-electron chi connectivity index (χ3n) is 4.85. The van der Waals surface area contributed by atoms with Crippen molar-refractivity contribution in [1.82, 2.24) is 5.01 Å². The molecule has 1 atom stereocenters. The Morgan fingerprint density at radius 3 is 2.39 bits per heavy atom. The number of hydrazone groups is 1. The summed E-state index contributed by atoms with van der Waals surface area (Å²) in [5.41, 5.74) is 2.51. The zero-order valence-electron chi connectivity index (χ0n) is 15.8. The first-order valence-corrected chi connectivity index (χ1v) is 9.17. The number of hydrogen-bond donors (Lipinski definition) is 0. The van der Waals surface area contributed by atoms with Gasteiger partial charge in [0, 0.05) is 25.8 Å². The molecule has 0 fully saturated rings. The van der Waals surface area contributed by atoms with E-state index < -0.39 is 5.97 Å². The molecule has 0 radical (unpaired) electrons. The Morgan fingerprint density at radius 2 is 1.68 bits per heavy atom. The molecule has 5 nitrogen and oxygen atoms in total. The maximum Gasteiger partial charge on any atom is 0.308 e. The number of benzene rings is 3. The molecular weight excluding hydrogens is 352 g/mol. The van der Waals surface area contributed by atoms with E-state index in [2.05, 4.69) is 5.10 Å². The summed E-state index contributed by atoms with van der Waals surface area (Å²) in [6.07, 6.45) is 0.547. The monoisotopic (exact) mass is 372 g/mol. The number of hydrogen-bond acceptors (Lipinski definition) is 4. The van der Waals surface area contributed by atoms with E-state index in [-0.39, 0.29) is 11.9 Å². The van der Waals surface area contributed by atoms with Crippen LogP contribution in [0.25, 0.3) is 10.8 Å². The molecule has 5 heteroatoms. The molecule has 1 amide bonds. The molecule has 0 saturated heterocycles. The lowest BCUT2D eigenvalue weighted by Crippen LogP contribution is -2.24. The average molecular weight is 372 g/mol. The molecule has 0 aliphatic carbocycles. The van der Waals surface area contributed by atoms with E-state index in [0.717, 1.165) is 27.6 Å². The second-order valence-electron chi connectivity index (χ2n) is 6.79. The molecule has 3 aromatic rings. The number of nitrogens with zero attached hydrogens (tertiary/aromatic N) is 2. The third-order valence-corrected chi connectivity index (χ3v) is 4.85. The van der Waals surface area contributed by atoms with Gasteiger partial charge in [-0.15, -0.1) is 0 Å². The Bertz CT molecular complexity index is 1090. The number of esters is 1. The Morgan fingerprint density at radius 1 is 0.964 bits per heavy atom. The van der Waals surface area contributed by atoms with E-state index in [1.165, 1.54) is 18.9 Å². The predicted molar refractivity (Wildman–Crippen MR) is 108 cm³/mol. The molecule has 1 aliphatic heterocycles. The number of rotatable bonds is 3. The van der Waals surface area contributed by atoms with Crippen LogP contribution in [0.15, 0.2) is 71.8 Å². The fraction of sp³-hybridized carbons (Fsp3) is 0.174. The van der Waals surface area contributed by atoms with Crippen LogP contribution in [-0.4, -0.2) is 22.6 Å². The quantitative estimate of drug-likeness (QED) is 0.504. The second kappa shape index (κ2) is 7.27. The normalized spacial score (nSPS) is 16.1. The van der Waals surface area contributed by atoms with Gasteiger partial charge in [0.25, 0.3) is 0 Å². The summed E-state index contributed by atoms with van der Waals surface area (Å²) in [5, 5.41) is 8.12. The van der Waals surface area contributed by atoms with Gasteiger partial charge < -0.3 is 4.74 Å². The Hall–Kier alpha value is -3.47. The molecule has 3 aromatic carbocycles. The fourth-order valence-corrected chi connectivity index (χ4v) is 3.68. The number of fused-ring (bicyclic) bond motifs is 1. The summed E-state index contributed by atoms with van der Waals surface area (Å²) in [6.45, 7) is 2.89. The zero-order chi connectivity index (χ0) is 19.7. The lowest BCUT2D eigenvalue weighted by Gasteiger charge is -2.20.